The van der Waals surface area contributed by atoms with Crippen LogP contribution in [-0.4, -0.2) is 25.0 Å². The Morgan fingerprint density at radius 3 is 2.48 bits per heavy atom. The maximum Gasteiger partial charge on any atom is 0.276 e. The summed E-state index contributed by atoms with van der Waals surface area (Å²) in [6, 6.07) is 7.12. The number of hydrazine groups is 1. The number of para-hydroxylation sites is 2. The molecule has 1 aliphatic rings. The summed E-state index contributed by atoms with van der Waals surface area (Å²) < 4.78 is 10.8. The van der Waals surface area contributed by atoms with Crippen LogP contribution in [0.4, 0.5) is 0 Å². The van der Waals surface area contributed by atoms with Crippen LogP contribution in [0.1, 0.15) is 26.2 Å². The standard InChI is InChI=1S/C17H22N2O4/c1-2-22-14-9-5-6-10-15(14)23-12-17(21)19-18-16(20)11-13-7-3-4-8-13/h3,5-7,9-10,13H,2,4,8,11-12H2,1H3,(H,18,20)(H,19,21). The van der Waals surface area contributed by atoms with Crippen molar-refractivity contribution in [1.29, 1.82) is 0 Å². The topological polar surface area (TPSA) is 76.7 Å². The fraction of sp³-hybridized carbons (Fsp3) is 0.412. The van der Waals surface area contributed by atoms with E-state index in [9.17, 15) is 9.59 Å². The Labute approximate surface area is 135 Å². The van der Waals surface area contributed by atoms with E-state index in [1.807, 2.05) is 19.1 Å². The third-order valence-electron chi connectivity index (χ3n) is 3.41. The minimum atomic E-state index is -0.424. The summed E-state index contributed by atoms with van der Waals surface area (Å²) in [6.45, 7) is 2.19. The van der Waals surface area contributed by atoms with Crippen LogP contribution >= 0.6 is 0 Å². The van der Waals surface area contributed by atoms with Crippen molar-refractivity contribution in [3.05, 3.63) is 36.4 Å². The molecule has 0 spiro atoms. The molecule has 124 valence electrons. The lowest BCUT2D eigenvalue weighted by atomic mass is 10.1. The Balaban J connectivity index is 1.70. The zero-order chi connectivity index (χ0) is 16.5. The van der Waals surface area contributed by atoms with Crippen molar-refractivity contribution in [3.63, 3.8) is 0 Å². The van der Waals surface area contributed by atoms with Crippen molar-refractivity contribution in [3.8, 4) is 11.5 Å². The fourth-order valence-electron chi connectivity index (χ4n) is 2.32. The van der Waals surface area contributed by atoms with Crippen LogP contribution < -0.4 is 20.3 Å². The molecule has 1 aromatic rings. The Bertz CT molecular complexity index is 571. The molecule has 6 nitrogen and oxygen atoms in total. The second kappa shape index (κ2) is 8.82. The summed E-state index contributed by atoms with van der Waals surface area (Å²) in [7, 11) is 0. The van der Waals surface area contributed by atoms with Crippen LogP contribution in [0.2, 0.25) is 0 Å². The number of carbonyl (C=O) groups is 2. The molecule has 1 aliphatic carbocycles. The molecule has 0 fully saturated rings. The molecule has 23 heavy (non-hydrogen) atoms. The van der Waals surface area contributed by atoms with Gasteiger partial charge in [0.2, 0.25) is 5.91 Å². The lowest BCUT2D eigenvalue weighted by Gasteiger charge is -2.12. The second-order valence-electron chi connectivity index (χ2n) is 5.23. The molecular formula is C17H22N2O4. The summed E-state index contributed by atoms with van der Waals surface area (Å²) >= 11 is 0. The van der Waals surface area contributed by atoms with Crippen molar-refractivity contribution in [1.82, 2.24) is 10.9 Å². The number of ether oxygens (including phenoxy) is 2. The van der Waals surface area contributed by atoms with E-state index in [0.29, 0.717) is 24.5 Å². The van der Waals surface area contributed by atoms with Crippen LogP contribution in [0.25, 0.3) is 0 Å². The first kappa shape index (κ1) is 16.9. The smallest absolute Gasteiger partial charge is 0.276 e. The van der Waals surface area contributed by atoms with E-state index >= 15 is 0 Å². The maximum absolute atomic E-state index is 11.7. The largest absolute Gasteiger partial charge is 0.490 e. The summed E-state index contributed by atoms with van der Waals surface area (Å²) in [5, 5.41) is 0. The molecule has 0 saturated heterocycles. The van der Waals surface area contributed by atoms with Crippen LogP contribution in [-0.2, 0) is 9.59 Å². The molecule has 0 radical (unpaired) electrons. The number of hydrogen-bond acceptors (Lipinski definition) is 4. The minimum Gasteiger partial charge on any atom is -0.490 e. The Hall–Kier alpha value is -2.50. The van der Waals surface area contributed by atoms with Crippen molar-refractivity contribution >= 4 is 11.8 Å². The van der Waals surface area contributed by atoms with E-state index in [2.05, 4.69) is 16.9 Å². The molecule has 0 aromatic heterocycles. The molecule has 1 aromatic carbocycles. The first-order valence-corrected chi connectivity index (χ1v) is 7.78. The van der Waals surface area contributed by atoms with Gasteiger partial charge in [-0.25, -0.2) is 0 Å². The van der Waals surface area contributed by atoms with Gasteiger partial charge in [-0.3, -0.25) is 20.4 Å². The molecular weight excluding hydrogens is 296 g/mol. The van der Waals surface area contributed by atoms with E-state index in [4.69, 9.17) is 9.47 Å². The third-order valence-corrected chi connectivity index (χ3v) is 3.41. The van der Waals surface area contributed by atoms with E-state index < -0.39 is 5.91 Å². The van der Waals surface area contributed by atoms with Gasteiger partial charge in [-0.2, -0.15) is 0 Å². The average Bonchev–Trinajstić information content (AvgIpc) is 3.05. The molecule has 1 unspecified atom stereocenters. The highest BCUT2D eigenvalue weighted by Crippen LogP contribution is 2.26. The van der Waals surface area contributed by atoms with Crippen molar-refractivity contribution in [2.75, 3.05) is 13.2 Å². The summed E-state index contributed by atoms with van der Waals surface area (Å²) in [4.78, 5) is 23.4. The molecule has 2 amide bonds. The zero-order valence-corrected chi connectivity index (χ0v) is 13.2. The van der Waals surface area contributed by atoms with Gasteiger partial charge < -0.3 is 9.47 Å². The van der Waals surface area contributed by atoms with Gasteiger partial charge in [0.25, 0.3) is 5.91 Å². The van der Waals surface area contributed by atoms with Crippen LogP contribution in [0.5, 0.6) is 11.5 Å². The van der Waals surface area contributed by atoms with Crippen molar-refractivity contribution < 1.29 is 19.1 Å². The molecule has 1 atom stereocenters. The lowest BCUT2D eigenvalue weighted by Crippen LogP contribution is -2.44. The van der Waals surface area contributed by atoms with E-state index in [-0.39, 0.29) is 18.4 Å². The first-order valence-electron chi connectivity index (χ1n) is 7.78. The molecule has 0 aliphatic heterocycles. The van der Waals surface area contributed by atoms with Gasteiger partial charge >= 0.3 is 0 Å². The first-order chi connectivity index (χ1) is 11.2. The number of hydrogen-bond donors (Lipinski definition) is 2. The van der Waals surface area contributed by atoms with Gasteiger partial charge in [-0.15, -0.1) is 0 Å². The van der Waals surface area contributed by atoms with Crippen LogP contribution in [0, 0.1) is 5.92 Å². The molecule has 6 heteroatoms. The van der Waals surface area contributed by atoms with E-state index in [0.717, 1.165) is 12.8 Å². The zero-order valence-electron chi connectivity index (χ0n) is 13.2. The highest BCUT2D eigenvalue weighted by atomic mass is 16.5. The van der Waals surface area contributed by atoms with E-state index in [1.54, 1.807) is 18.2 Å². The number of allylic oxidation sites excluding steroid dienone is 2. The number of rotatable bonds is 7. The summed E-state index contributed by atoms with van der Waals surface area (Å²) in [5.41, 5.74) is 4.75. The van der Waals surface area contributed by atoms with Gasteiger partial charge in [-0.05, 0) is 37.8 Å². The van der Waals surface area contributed by atoms with Gasteiger partial charge in [-0.1, -0.05) is 24.3 Å². The normalized spacial score (nSPS) is 16.0. The number of nitrogens with one attached hydrogen (secondary N) is 2. The SMILES string of the molecule is CCOc1ccccc1OCC(=O)NNC(=O)CC1C=CCC1. The average molecular weight is 318 g/mol. The monoisotopic (exact) mass is 318 g/mol. The quantitative estimate of drug-likeness (QED) is 0.595. The van der Waals surface area contributed by atoms with E-state index in [1.165, 1.54) is 0 Å². The molecule has 0 bridgehead atoms. The highest BCUT2D eigenvalue weighted by molar-refractivity contribution is 5.83. The van der Waals surface area contributed by atoms with Crippen LogP contribution in [0.3, 0.4) is 0 Å². The molecule has 0 saturated carbocycles. The molecule has 2 rings (SSSR count). The van der Waals surface area contributed by atoms with Crippen molar-refractivity contribution in [2.45, 2.75) is 26.2 Å². The number of carbonyl (C=O) groups excluding carboxylic acids is 2. The Kier molecular flexibility index (Phi) is 6.47. The Morgan fingerprint density at radius 2 is 1.83 bits per heavy atom. The highest BCUT2D eigenvalue weighted by Gasteiger charge is 2.14. The fourth-order valence-corrected chi connectivity index (χ4v) is 2.32. The predicted molar refractivity (Wildman–Crippen MR) is 85.9 cm³/mol. The number of benzene rings is 1. The van der Waals surface area contributed by atoms with Gasteiger partial charge in [0.1, 0.15) is 0 Å². The van der Waals surface area contributed by atoms with Gasteiger partial charge in [0, 0.05) is 6.42 Å². The molecule has 2 N–H and O–H groups in total. The Morgan fingerprint density at radius 1 is 1.13 bits per heavy atom. The minimum absolute atomic E-state index is 0.201. The van der Waals surface area contributed by atoms with Crippen LogP contribution in [0.15, 0.2) is 36.4 Å². The predicted octanol–water partition coefficient (Wildman–Crippen LogP) is 1.97. The lowest BCUT2D eigenvalue weighted by molar-refractivity contribution is -0.130. The summed E-state index contributed by atoms with van der Waals surface area (Å²) in [5.74, 6) is 0.712. The molecule has 0 heterocycles. The third kappa shape index (κ3) is 5.65. The van der Waals surface area contributed by atoms with Gasteiger partial charge in [0.05, 0.1) is 6.61 Å². The van der Waals surface area contributed by atoms with Gasteiger partial charge in [0.15, 0.2) is 18.1 Å². The number of amides is 2. The second-order valence-corrected chi connectivity index (χ2v) is 5.23. The summed E-state index contributed by atoms with van der Waals surface area (Å²) in [6.07, 6.45) is 6.48. The van der Waals surface area contributed by atoms with Crippen molar-refractivity contribution in [2.24, 2.45) is 5.92 Å². The maximum atomic E-state index is 11.7.